The Hall–Kier alpha value is -4.31. The first-order chi connectivity index (χ1) is 14.9. The van der Waals surface area contributed by atoms with E-state index in [1.54, 1.807) is 6.34 Å². The number of hydrogen-bond donors (Lipinski definition) is 2. The first-order valence-electron chi connectivity index (χ1n) is 9.53. The van der Waals surface area contributed by atoms with Crippen molar-refractivity contribution in [3.8, 4) is 6.07 Å². The molecule has 4 rings (SSSR count). The Morgan fingerprint density at radius 3 is 2.20 bits per heavy atom. The van der Waals surface area contributed by atoms with E-state index in [2.05, 4.69) is 61.3 Å². The minimum absolute atomic E-state index is 0.0973. The van der Waals surface area contributed by atoms with Gasteiger partial charge in [0.1, 0.15) is 5.56 Å². The van der Waals surface area contributed by atoms with Gasteiger partial charge in [0, 0.05) is 11.1 Å². The number of rotatable bonds is 6. The molecule has 146 valence electrons. The van der Waals surface area contributed by atoms with Gasteiger partial charge in [-0.15, -0.1) is 5.10 Å². The van der Waals surface area contributed by atoms with Gasteiger partial charge in [0.15, 0.2) is 5.82 Å². The van der Waals surface area contributed by atoms with Crippen molar-refractivity contribution in [1.29, 1.82) is 0 Å². The number of benzene rings is 3. The van der Waals surface area contributed by atoms with Crippen molar-refractivity contribution in [3.63, 3.8) is 0 Å². The van der Waals surface area contributed by atoms with Gasteiger partial charge in [-0.3, -0.25) is 0 Å². The van der Waals surface area contributed by atoms with Gasteiger partial charge < -0.3 is 5.32 Å². The summed E-state index contributed by atoms with van der Waals surface area (Å²) in [6.07, 6.45) is 1.62. The molecule has 0 radical (unpaired) electrons. The highest BCUT2D eigenvalue weighted by atomic mass is 15.5. The number of aliphatic imine (C=N–C) groups is 1. The van der Waals surface area contributed by atoms with Crippen molar-refractivity contribution in [1.82, 2.24) is 25.9 Å². The Morgan fingerprint density at radius 2 is 1.60 bits per heavy atom. The predicted molar refractivity (Wildman–Crippen MR) is 117 cm³/mol. The molecule has 3 aromatic carbocycles. The zero-order chi connectivity index (χ0) is 20.4. The molecule has 2 N–H and O–H groups in total. The molecule has 7 nitrogen and oxygen atoms in total. The molecule has 1 heterocycles. The van der Waals surface area contributed by atoms with Crippen LogP contribution in [0.1, 0.15) is 28.6 Å². The van der Waals surface area contributed by atoms with Gasteiger partial charge in [-0.2, -0.15) is 0 Å². The summed E-state index contributed by atoms with van der Waals surface area (Å²) >= 11 is 0. The Balaban J connectivity index is 1.45. The van der Waals surface area contributed by atoms with Gasteiger partial charge in [-0.05, 0) is 34.7 Å². The monoisotopic (exact) mass is 394 g/mol. The van der Waals surface area contributed by atoms with Crippen LogP contribution in [-0.4, -0.2) is 27.0 Å². The molecule has 0 amide bonds. The Kier molecular flexibility index (Phi) is 6.19. The van der Waals surface area contributed by atoms with Gasteiger partial charge in [-0.25, -0.2) is 10.1 Å². The van der Waals surface area contributed by atoms with E-state index in [9.17, 15) is 0 Å². The van der Waals surface area contributed by atoms with Gasteiger partial charge in [0.25, 0.3) is 0 Å². The lowest BCUT2D eigenvalue weighted by Crippen LogP contribution is -2.11. The zero-order valence-corrected chi connectivity index (χ0v) is 16.2. The van der Waals surface area contributed by atoms with Gasteiger partial charge in [-0.1, -0.05) is 65.5 Å². The summed E-state index contributed by atoms with van der Waals surface area (Å²) in [6.45, 7) is 0.482. The number of nitrogens with one attached hydrogen (secondary N) is 2. The fourth-order valence-electron chi connectivity index (χ4n) is 2.89. The minimum atomic E-state index is -0.0973. The third-order valence-electron chi connectivity index (χ3n) is 4.38. The first kappa shape index (κ1) is 19.0. The Bertz CT molecular complexity index is 1090. The van der Waals surface area contributed by atoms with Crippen LogP contribution in [0, 0.1) is 6.07 Å². The van der Waals surface area contributed by atoms with E-state index in [1.165, 1.54) is 0 Å². The normalized spacial score (nSPS) is 10.7. The summed E-state index contributed by atoms with van der Waals surface area (Å²) in [4.78, 5) is 9.11. The summed E-state index contributed by atoms with van der Waals surface area (Å²) in [5.41, 5.74) is 3.98. The van der Waals surface area contributed by atoms with Crippen molar-refractivity contribution in [2.75, 3.05) is 0 Å². The number of tetrazole rings is 1. The van der Waals surface area contributed by atoms with E-state index in [0.717, 1.165) is 22.4 Å². The smallest absolute Gasteiger partial charge is 0.322 e. The number of aromatic nitrogens is 4. The third-order valence-corrected chi connectivity index (χ3v) is 4.38. The van der Waals surface area contributed by atoms with Crippen LogP contribution in [0.25, 0.3) is 4.85 Å². The quantitative estimate of drug-likeness (QED) is 0.381. The lowest BCUT2D eigenvalue weighted by Gasteiger charge is -2.02. The maximum absolute atomic E-state index is 4.74. The second-order valence-electron chi connectivity index (χ2n) is 6.50. The second kappa shape index (κ2) is 9.75. The van der Waals surface area contributed by atoms with E-state index in [1.807, 2.05) is 60.7 Å². The lowest BCUT2D eigenvalue weighted by atomic mass is 9.99. The van der Waals surface area contributed by atoms with Crippen molar-refractivity contribution >= 4 is 12.0 Å². The second-order valence-corrected chi connectivity index (χ2v) is 6.50. The van der Waals surface area contributed by atoms with Crippen LogP contribution in [0.4, 0.5) is 5.69 Å². The first-order valence-corrected chi connectivity index (χ1v) is 9.53. The van der Waals surface area contributed by atoms with Crippen molar-refractivity contribution in [2.24, 2.45) is 4.99 Å². The van der Waals surface area contributed by atoms with Crippen LogP contribution >= 0.6 is 0 Å². The number of aromatic amines is 1. The summed E-state index contributed by atoms with van der Waals surface area (Å²) < 4.78 is 0. The average Bonchev–Trinajstić information content (AvgIpc) is 3.33. The molecule has 4 aromatic rings. The predicted octanol–water partition coefficient (Wildman–Crippen LogP) is 4.12. The van der Waals surface area contributed by atoms with Crippen molar-refractivity contribution in [3.05, 3.63) is 112 Å². The molecule has 0 saturated heterocycles. The molecule has 7 heteroatoms. The molecule has 0 unspecified atom stereocenters. The third kappa shape index (κ3) is 5.14. The van der Waals surface area contributed by atoms with E-state index >= 15 is 0 Å². The van der Waals surface area contributed by atoms with E-state index < -0.39 is 0 Å². The Labute approximate surface area is 174 Å². The zero-order valence-electron chi connectivity index (χ0n) is 16.2. The molecule has 0 spiro atoms. The topological polar surface area (TPSA) is 83.2 Å². The van der Waals surface area contributed by atoms with Gasteiger partial charge in [0.05, 0.1) is 18.6 Å². The maximum Gasteiger partial charge on any atom is 0.322 e. The molecule has 0 aliphatic heterocycles. The Morgan fingerprint density at radius 1 is 0.933 bits per heavy atom. The summed E-state index contributed by atoms with van der Waals surface area (Å²) in [5, 5.41) is 16.5. The largest absolute Gasteiger partial charge is 0.369 e. The highest BCUT2D eigenvalue weighted by molar-refractivity contribution is 5.61. The standard InChI is InChI=1S/C23H19N7/c1-3-7-19(8-4-1)23(20-9-5-2-6-10-20)25-15-18-11-13-21(14-12-18)26-17-24-16-22-27-29-30-28-22/h1-14,17,23H,16H2,(H,27,28,29,30)/p+1. The fraction of sp³-hybridized carbons (Fsp3) is 0.0870. The van der Waals surface area contributed by atoms with Crippen LogP contribution in [0.3, 0.4) is 0 Å². The SMILES string of the molecule is C(#[N+]C(c1ccccc1)c1ccccc1)c1ccc(N=CNCc2nnn[nH]2)cc1. The lowest BCUT2D eigenvalue weighted by molar-refractivity contribution is 0.841. The van der Waals surface area contributed by atoms with Crippen molar-refractivity contribution in [2.45, 2.75) is 12.6 Å². The number of nitrogens with zero attached hydrogens (tertiary/aromatic N) is 5. The molecule has 0 aliphatic carbocycles. The molecule has 0 atom stereocenters. The summed E-state index contributed by atoms with van der Waals surface area (Å²) in [5.74, 6) is 0.647. The van der Waals surface area contributed by atoms with E-state index in [0.29, 0.717) is 12.4 Å². The fourth-order valence-corrected chi connectivity index (χ4v) is 2.89. The number of H-pyrrole nitrogens is 1. The highest BCUT2D eigenvalue weighted by Gasteiger charge is 2.22. The van der Waals surface area contributed by atoms with Crippen LogP contribution < -0.4 is 5.32 Å². The van der Waals surface area contributed by atoms with Crippen LogP contribution in [-0.2, 0) is 6.54 Å². The number of hydrogen-bond acceptors (Lipinski definition) is 4. The van der Waals surface area contributed by atoms with Gasteiger partial charge in [0.2, 0.25) is 0 Å². The average molecular weight is 394 g/mol. The molecule has 0 aliphatic rings. The molecule has 0 bridgehead atoms. The van der Waals surface area contributed by atoms with Crippen LogP contribution in [0.5, 0.6) is 0 Å². The maximum atomic E-state index is 4.74. The van der Waals surface area contributed by atoms with Crippen molar-refractivity contribution < 1.29 is 0 Å². The summed E-state index contributed by atoms with van der Waals surface area (Å²) in [7, 11) is 0. The minimum Gasteiger partial charge on any atom is -0.369 e. The molecule has 30 heavy (non-hydrogen) atoms. The van der Waals surface area contributed by atoms with Gasteiger partial charge >= 0.3 is 12.1 Å². The summed E-state index contributed by atoms with van der Waals surface area (Å²) in [6, 6.07) is 31.3. The molecular weight excluding hydrogens is 374 g/mol. The highest BCUT2D eigenvalue weighted by Crippen LogP contribution is 2.26. The molecule has 1 aromatic heterocycles. The van der Waals surface area contributed by atoms with E-state index in [-0.39, 0.29) is 6.04 Å². The van der Waals surface area contributed by atoms with Crippen LogP contribution in [0.2, 0.25) is 0 Å². The van der Waals surface area contributed by atoms with Crippen LogP contribution in [0.15, 0.2) is 89.9 Å². The molecule has 0 fully saturated rings. The molecular formula is C23H20N7+. The molecule has 0 saturated carbocycles. The van der Waals surface area contributed by atoms with E-state index in [4.69, 9.17) is 4.85 Å².